The van der Waals surface area contributed by atoms with Crippen LogP contribution in [0.3, 0.4) is 0 Å². The Morgan fingerprint density at radius 1 is 1.24 bits per heavy atom. The lowest BCUT2D eigenvalue weighted by molar-refractivity contribution is -0.384. The van der Waals surface area contributed by atoms with Gasteiger partial charge in [-0.3, -0.25) is 10.1 Å². The number of anilines is 1. The Balaban J connectivity index is 2.30. The first kappa shape index (κ1) is 14.9. The second kappa shape index (κ2) is 6.30. The molecule has 0 radical (unpaired) electrons. The van der Waals surface area contributed by atoms with Gasteiger partial charge < -0.3 is 5.32 Å². The standard InChI is InChI=1S/C15H14F2N2O2/c1-2-13(10-5-3-6-11(9-10)19(20)21)18-14-8-4-7-12(16)15(14)17/h3-9,13,18H,2H2,1H3. The third-order valence-electron chi connectivity index (χ3n) is 3.17. The Hall–Kier alpha value is -2.50. The molecule has 110 valence electrons. The van der Waals surface area contributed by atoms with Gasteiger partial charge in [0, 0.05) is 12.1 Å². The van der Waals surface area contributed by atoms with Gasteiger partial charge >= 0.3 is 0 Å². The molecule has 0 aliphatic carbocycles. The van der Waals surface area contributed by atoms with E-state index >= 15 is 0 Å². The van der Waals surface area contributed by atoms with E-state index in [1.165, 1.54) is 24.3 Å². The molecule has 0 bridgehead atoms. The number of non-ortho nitro benzene ring substituents is 1. The van der Waals surface area contributed by atoms with E-state index in [4.69, 9.17) is 0 Å². The maximum absolute atomic E-state index is 13.7. The fourth-order valence-electron chi connectivity index (χ4n) is 2.08. The minimum Gasteiger partial charge on any atom is -0.376 e. The van der Waals surface area contributed by atoms with Gasteiger partial charge in [0.15, 0.2) is 11.6 Å². The predicted octanol–water partition coefficient (Wildman–Crippen LogP) is 4.44. The third kappa shape index (κ3) is 3.34. The molecular formula is C15H14F2N2O2. The normalized spacial score (nSPS) is 12.0. The molecule has 4 nitrogen and oxygen atoms in total. The first-order valence-electron chi connectivity index (χ1n) is 6.47. The van der Waals surface area contributed by atoms with Crippen LogP contribution in [0.25, 0.3) is 0 Å². The van der Waals surface area contributed by atoms with Gasteiger partial charge in [0.2, 0.25) is 0 Å². The van der Waals surface area contributed by atoms with Crippen molar-refractivity contribution in [1.29, 1.82) is 0 Å². The van der Waals surface area contributed by atoms with Crippen molar-refractivity contribution in [3.63, 3.8) is 0 Å². The van der Waals surface area contributed by atoms with E-state index in [-0.39, 0.29) is 17.4 Å². The van der Waals surface area contributed by atoms with E-state index in [0.29, 0.717) is 12.0 Å². The maximum Gasteiger partial charge on any atom is 0.269 e. The second-order valence-electron chi connectivity index (χ2n) is 4.56. The van der Waals surface area contributed by atoms with E-state index in [1.54, 1.807) is 12.1 Å². The summed E-state index contributed by atoms with van der Waals surface area (Å²) >= 11 is 0. The highest BCUT2D eigenvalue weighted by molar-refractivity contribution is 5.48. The lowest BCUT2D eigenvalue weighted by Gasteiger charge is -2.19. The van der Waals surface area contributed by atoms with Crippen molar-refractivity contribution in [2.45, 2.75) is 19.4 Å². The molecule has 1 unspecified atom stereocenters. The van der Waals surface area contributed by atoms with Crippen molar-refractivity contribution in [2.75, 3.05) is 5.32 Å². The summed E-state index contributed by atoms with van der Waals surface area (Å²) in [6.07, 6.45) is 0.567. The monoisotopic (exact) mass is 292 g/mol. The molecule has 1 atom stereocenters. The minimum absolute atomic E-state index is 0.0348. The molecule has 2 aromatic rings. The zero-order valence-corrected chi connectivity index (χ0v) is 11.3. The van der Waals surface area contributed by atoms with Gasteiger partial charge in [-0.1, -0.05) is 25.1 Å². The van der Waals surface area contributed by atoms with Crippen LogP contribution in [0, 0.1) is 21.7 Å². The molecule has 0 saturated carbocycles. The highest BCUT2D eigenvalue weighted by atomic mass is 19.2. The highest BCUT2D eigenvalue weighted by Crippen LogP contribution is 2.27. The van der Waals surface area contributed by atoms with E-state index in [2.05, 4.69) is 5.32 Å². The number of rotatable bonds is 5. The van der Waals surface area contributed by atoms with E-state index < -0.39 is 16.6 Å². The van der Waals surface area contributed by atoms with Gasteiger partial charge in [-0.15, -0.1) is 0 Å². The van der Waals surface area contributed by atoms with E-state index in [9.17, 15) is 18.9 Å². The Morgan fingerprint density at radius 3 is 2.62 bits per heavy atom. The topological polar surface area (TPSA) is 55.2 Å². The summed E-state index contributed by atoms with van der Waals surface area (Å²) in [7, 11) is 0. The van der Waals surface area contributed by atoms with Gasteiger partial charge in [0.05, 0.1) is 16.7 Å². The van der Waals surface area contributed by atoms with Crippen molar-refractivity contribution >= 4 is 11.4 Å². The maximum atomic E-state index is 13.7. The van der Waals surface area contributed by atoms with Crippen molar-refractivity contribution in [3.8, 4) is 0 Å². The van der Waals surface area contributed by atoms with Gasteiger partial charge in [0.25, 0.3) is 5.69 Å². The van der Waals surface area contributed by atoms with Crippen LogP contribution in [0.2, 0.25) is 0 Å². The van der Waals surface area contributed by atoms with Crippen LogP contribution in [-0.4, -0.2) is 4.92 Å². The van der Waals surface area contributed by atoms with E-state index in [1.807, 2.05) is 6.92 Å². The van der Waals surface area contributed by atoms with Crippen molar-refractivity contribution < 1.29 is 13.7 Å². The molecule has 1 N–H and O–H groups in total. The number of nitro benzene ring substituents is 1. The molecule has 2 aromatic carbocycles. The molecule has 0 saturated heterocycles. The Bertz CT molecular complexity index is 662. The van der Waals surface area contributed by atoms with Crippen LogP contribution in [0.5, 0.6) is 0 Å². The van der Waals surface area contributed by atoms with E-state index in [0.717, 1.165) is 6.07 Å². The molecular weight excluding hydrogens is 278 g/mol. The van der Waals surface area contributed by atoms with Crippen molar-refractivity contribution in [1.82, 2.24) is 0 Å². The number of hydrogen-bond donors (Lipinski definition) is 1. The lowest BCUT2D eigenvalue weighted by Crippen LogP contribution is -2.11. The molecule has 0 aromatic heterocycles. The molecule has 21 heavy (non-hydrogen) atoms. The number of nitro groups is 1. The van der Waals surface area contributed by atoms with Crippen molar-refractivity contribution in [2.24, 2.45) is 0 Å². The summed E-state index contributed by atoms with van der Waals surface area (Å²) in [6, 6.07) is 9.62. The first-order chi connectivity index (χ1) is 10.0. The SMILES string of the molecule is CCC(Nc1cccc(F)c1F)c1cccc([N+](=O)[O-])c1. The molecule has 0 heterocycles. The summed E-state index contributed by atoms with van der Waals surface area (Å²) in [5.74, 6) is -1.89. The summed E-state index contributed by atoms with van der Waals surface area (Å²) in [5.41, 5.74) is 0.649. The largest absolute Gasteiger partial charge is 0.376 e. The van der Waals surface area contributed by atoms with Gasteiger partial charge in [-0.2, -0.15) is 0 Å². The van der Waals surface area contributed by atoms with Gasteiger partial charge in [-0.05, 0) is 24.1 Å². The Kier molecular flexibility index (Phi) is 4.47. The van der Waals surface area contributed by atoms with Gasteiger partial charge in [-0.25, -0.2) is 8.78 Å². The molecule has 0 amide bonds. The average Bonchev–Trinajstić information content (AvgIpc) is 2.49. The van der Waals surface area contributed by atoms with Crippen LogP contribution in [-0.2, 0) is 0 Å². The first-order valence-corrected chi connectivity index (χ1v) is 6.47. The number of nitrogens with one attached hydrogen (secondary N) is 1. The number of benzene rings is 2. The molecule has 0 aliphatic heterocycles. The molecule has 0 fully saturated rings. The predicted molar refractivity (Wildman–Crippen MR) is 76.1 cm³/mol. The Labute approximate surface area is 120 Å². The molecule has 2 rings (SSSR count). The van der Waals surface area contributed by atoms with Crippen LogP contribution >= 0.6 is 0 Å². The number of hydrogen-bond acceptors (Lipinski definition) is 3. The molecule has 0 spiro atoms. The minimum atomic E-state index is -0.957. The third-order valence-corrected chi connectivity index (χ3v) is 3.17. The van der Waals surface area contributed by atoms with Gasteiger partial charge in [0.1, 0.15) is 0 Å². The highest BCUT2D eigenvalue weighted by Gasteiger charge is 2.16. The molecule has 6 heteroatoms. The quantitative estimate of drug-likeness (QED) is 0.655. The fraction of sp³-hybridized carbons (Fsp3) is 0.200. The lowest BCUT2D eigenvalue weighted by atomic mass is 10.0. The summed E-state index contributed by atoms with van der Waals surface area (Å²) in [5, 5.41) is 13.7. The fourth-order valence-corrected chi connectivity index (χ4v) is 2.08. The number of halogens is 2. The smallest absolute Gasteiger partial charge is 0.269 e. The average molecular weight is 292 g/mol. The summed E-state index contributed by atoms with van der Waals surface area (Å²) < 4.78 is 26.9. The zero-order chi connectivity index (χ0) is 15.4. The number of nitrogens with zero attached hydrogens (tertiary/aromatic N) is 1. The summed E-state index contributed by atoms with van der Waals surface area (Å²) in [6.45, 7) is 1.85. The summed E-state index contributed by atoms with van der Waals surface area (Å²) in [4.78, 5) is 10.3. The van der Waals surface area contributed by atoms with Crippen molar-refractivity contribution in [3.05, 3.63) is 69.8 Å². The van der Waals surface area contributed by atoms with Crippen LogP contribution in [0.15, 0.2) is 42.5 Å². The molecule has 0 aliphatic rings. The Morgan fingerprint density at radius 2 is 1.95 bits per heavy atom. The van der Waals surface area contributed by atoms with Crippen LogP contribution in [0.4, 0.5) is 20.2 Å². The van der Waals surface area contributed by atoms with Crippen LogP contribution < -0.4 is 5.32 Å². The zero-order valence-electron chi connectivity index (χ0n) is 11.3. The van der Waals surface area contributed by atoms with Crippen LogP contribution in [0.1, 0.15) is 24.9 Å². The second-order valence-corrected chi connectivity index (χ2v) is 4.56.